The lowest BCUT2D eigenvalue weighted by Gasteiger charge is -2.48. The van der Waals surface area contributed by atoms with Crippen LogP contribution in [0.1, 0.15) is 32.6 Å². The minimum absolute atomic E-state index is 0.179. The molecule has 36 heavy (non-hydrogen) atoms. The highest BCUT2D eigenvalue weighted by Crippen LogP contribution is 2.39. The average molecular weight is 488 g/mol. The first-order valence-corrected chi connectivity index (χ1v) is 11.7. The Hall–Kier alpha value is -3.56. The lowest BCUT2D eigenvalue weighted by molar-refractivity contribution is -0.356. The normalized spacial score (nSPS) is 29.5. The van der Waals surface area contributed by atoms with Crippen LogP contribution in [0.3, 0.4) is 0 Å². The van der Waals surface area contributed by atoms with Gasteiger partial charge in [-0.3, -0.25) is 0 Å². The van der Waals surface area contributed by atoms with E-state index in [2.05, 4.69) is 0 Å². The van der Waals surface area contributed by atoms with Crippen LogP contribution in [0.15, 0.2) is 78.9 Å². The fourth-order valence-corrected chi connectivity index (χ4v) is 4.94. The van der Waals surface area contributed by atoms with Gasteiger partial charge in [-0.1, -0.05) is 66.7 Å². The molecule has 3 aromatic rings. The Morgan fingerprint density at radius 1 is 0.667 bits per heavy atom. The molecule has 3 aliphatic heterocycles. The number of rotatable bonds is 2. The highest BCUT2D eigenvalue weighted by molar-refractivity contribution is 6.03. The third kappa shape index (κ3) is 3.98. The quantitative estimate of drug-likeness (QED) is 0.502. The zero-order chi connectivity index (χ0) is 24.6. The number of ether oxygens (including phenoxy) is 6. The molecule has 0 amide bonds. The Balaban J connectivity index is 1.43. The van der Waals surface area contributed by atoms with Crippen LogP contribution in [-0.2, 0) is 28.4 Å². The Morgan fingerprint density at radius 2 is 1.22 bits per heavy atom. The number of hydrogen-bond acceptors (Lipinski definition) is 8. The summed E-state index contributed by atoms with van der Waals surface area (Å²) < 4.78 is 35.8. The van der Waals surface area contributed by atoms with Crippen molar-refractivity contribution >= 4 is 11.9 Å². The molecular weight excluding hydrogens is 464 g/mol. The Labute approximate surface area is 207 Å². The van der Waals surface area contributed by atoms with Crippen molar-refractivity contribution in [3.63, 3.8) is 0 Å². The topological polar surface area (TPSA) is 89.5 Å². The number of esters is 2. The van der Waals surface area contributed by atoms with Gasteiger partial charge in [0.2, 0.25) is 0 Å². The molecule has 0 N–H and O–H groups in total. The maximum absolute atomic E-state index is 13.6. The fraction of sp³-hybridized carbons (Fsp3) is 0.286. The molecular formula is C28H24O8. The molecule has 8 heteroatoms. The van der Waals surface area contributed by atoms with Gasteiger partial charge in [0.25, 0.3) is 0 Å². The van der Waals surface area contributed by atoms with Crippen molar-refractivity contribution in [3.05, 3.63) is 95.6 Å². The molecule has 2 saturated heterocycles. The Bertz CT molecular complexity index is 1280. The molecule has 0 radical (unpaired) electrons. The summed E-state index contributed by atoms with van der Waals surface area (Å²) in [6, 6.07) is 23.4. The highest BCUT2D eigenvalue weighted by Gasteiger charge is 2.54. The second kappa shape index (κ2) is 9.48. The highest BCUT2D eigenvalue weighted by atomic mass is 16.8. The number of carbonyl (C=O) groups is 2. The maximum atomic E-state index is 13.6. The Morgan fingerprint density at radius 3 is 1.83 bits per heavy atom. The van der Waals surface area contributed by atoms with Crippen molar-refractivity contribution in [1.82, 2.24) is 0 Å². The van der Waals surface area contributed by atoms with E-state index in [-0.39, 0.29) is 6.61 Å². The van der Waals surface area contributed by atoms with Gasteiger partial charge >= 0.3 is 11.9 Å². The molecule has 2 fully saturated rings. The van der Waals surface area contributed by atoms with Crippen molar-refractivity contribution < 1.29 is 38.0 Å². The second-order valence-corrected chi connectivity index (χ2v) is 8.79. The Kier molecular flexibility index (Phi) is 6.02. The fourth-order valence-electron chi connectivity index (χ4n) is 4.94. The molecule has 0 saturated carbocycles. The summed E-state index contributed by atoms with van der Waals surface area (Å²) in [4.78, 5) is 27.0. The van der Waals surface area contributed by atoms with Crippen LogP contribution in [0.4, 0.5) is 0 Å². The first-order chi connectivity index (χ1) is 17.6. The predicted molar refractivity (Wildman–Crippen MR) is 126 cm³/mol. The summed E-state index contributed by atoms with van der Waals surface area (Å²) in [6.07, 6.45) is -5.13. The van der Waals surface area contributed by atoms with Gasteiger partial charge in [0.1, 0.15) is 12.2 Å². The van der Waals surface area contributed by atoms with E-state index in [9.17, 15) is 9.59 Å². The van der Waals surface area contributed by atoms with Gasteiger partial charge in [-0.25, -0.2) is 9.59 Å². The van der Waals surface area contributed by atoms with E-state index in [1.165, 1.54) is 7.11 Å². The van der Waals surface area contributed by atoms with Gasteiger partial charge in [-0.2, -0.15) is 0 Å². The summed E-state index contributed by atoms with van der Waals surface area (Å²) in [5.74, 6) is -1.14. The van der Waals surface area contributed by atoms with Crippen LogP contribution < -0.4 is 0 Å². The lowest BCUT2D eigenvalue weighted by atomic mass is 9.93. The summed E-state index contributed by atoms with van der Waals surface area (Å²) >= 11 is 0. The van der Waals surface area contributed by atoms with Crippen LogP contribution in [0.2, 0.25) is 0 Å². The van der Waals surface area contributed by atoms with E-state index < -0.39 is 48.9 Å². The average Bonchev–Trinajstić information content (AvgIpc) is 2.93. The summed E-state index contributed by atoms with van der Waals surface area (Å²) in [5, 5.41) is 0. The standard InChI is InChI=1S/C28H24O8/c1-31-28-24-23(22-21(33-28)15-32-27(36-22)16-9-3-2-4-10-16)34-25(29)19-13-7-5-11-17(19)18-12-6-8-14-20(18)26(30)35-24/h2-14,21-24,27-28H,15H2,1H3/t21-,22-,23+,24-,27?,28-/m1/s1. The SMILES string of the molecule is CO[C@@H]1O[C@@H]2COC(c3ccccc3)O[C@H]2[C@@H]2OC(=O)c3ccccc3-c3ccccc3C(=O)O[C@@H]12. The largest absolute Gasteiger partial charge is 0.452 e. The van der Waals surface area contributed by atoms with E-state index in [1.54, 1.807) is 48.5 Å². The van der Waals surface area contributed by atoms with E-state index in [1.807, 2.05) is 30.3 Å². The van der Waals surface area contributed by atoms with Crippen molar-refractivity contribution in [2.45, 2.75) is 37.0 Å². The summed E-state index contributed by atoms with van der Waals surface area (Å²) in [7, 11) is 1.44. The molecule has 6 atom stereocenters. The van der Waals surface area contributed by atoms with Crippen LogP contribution in [0.25, 0.3) is 11.1 Å². The van der Waals surface area contributed by atoms with Gasteiger partial charge in [-0.15, -0.1) is 0 Å². The molecule has 3 aliphatic rings. The van der Waals surface area contributed by atoms with E-state index in [4.69, 9.17) is 28.4 Å². The number of benzene rings is 3. The summed E-state index contributed by atoms with van der Waals surface area (Å²) in [5.41, 5.74) is 2.62. The molecule has 1 unspecified atom stereocenters. The van der Waals surface area contributed by atoms with Crippen LogP contribution in [0.5, 0.6) is 0 Å². The first-order valence-electron chi connectivity index (χ1n) is 11.7. The molecule has 3 heterocycles. The monoisotopic (exact) mass is 488 g/mol. The van der Waals surface area contributed by atoms with Gasteiger partial charge in [0, 0.05) is 12.7 Å². The van der Waals surface area contributed by atoms with Crippen LogP contribution in [-0.4, -0.2) is 56.4 Å². The molecule has 0 aromatic heterocycles. The molecule has 6 rings (SSSR count). The second-order valence-electron chi connectivity index (χ2n) is 8.79. The third-order valence-electron chi connectivity index (χ3n) is 6.66. The third-order valence-corrected chi connectivity index (χ3v) is 6.66. The minimum atomic E-state index is -1.07. The first kappa shape index (κ1) is 22.9. The van der Waals surface area contributed by atoms with Crippen molar-refractivity contribution in [3.8, 4) is 11.1 Å². The molecule has 3 aromatic carbocycles. The molecule has 0 bridgehead atoms. The molecule has 8 nitrogen and oxygen atoms in total. The van der Waals surface area contributed by atoms with Crippen LogP contribution >= 0.6 is 0 Å². The molecule has 0 aliphatic carbocycles. The van der Waals surface area contributed by atoms with Gasteiger partial charge < -0.3 is 28.4 Å². The lowest BCUT2D eigenvalue weighted by Crippen LogP contribution is -2.64. The van der Waals surface area contributed by atoms with E-state index in [0.717, 1.165) is 5.56 Å². The molecule has 0 spiro atoms. The van der Waals surface area contributed by atoms with Crippen molar-refractivity contribution in [1.29, 1.82) is 0 Å². The van der Waals surface area contributed by atoms with Gasteiger partial charge in [0.05, 0.1) is 17.7 Å². The number of carbonyl (C=O) groups excluding carboxylic acids is 2. The summed E-state index contributed by atoms with van der Waals surface area (Å²) in [6.45, 7) is 0.179. The van der Waals surface area contributed by atoms with Crippen LogP contribution in [0, 0.1) is 0 Å². The number of hydrogen-bond donors (Lipinski definition) is 0. The zero-order valence-corrected chi connectivity index (χ0v) is 19.4. The zero-order valence-electron chi connectivity index (χ0n) is 19.4. The predicted octanol–water partition coefficient (Wildman–Crippen LogP) is 3.90. The number of methoxy groups -OCH3 is 1. The molecule has 184 valence electrons. The van der Waals surface area contributed by atoms with Gasteiger partial charge in [-0.05, 0) is 23.3 Å². The number of fused-ring (bicyclic) bond motifs is 6. The van der Waals surface area contributed by atoms with E-state index >= 15 is 0 Å². The minimum Gasteiger partial charge on any atom is -0.452 e. The van der Waals surface area contributed by atoms with Crippen molar-refractivity contribution in [2.24, 2.45) is 0 Å². The smallest absolute Gasteiger partial charge is 0.339 e. The van der Waals surface area contributed by atoms with Gasteiger partial charge in [0.15, 0.2) is 24.8 Å². The van der Waals surface area contributed by atoms with E-state index in [0.29, 0.717) is 22.3 Å². The maximum Gasteiger partial charge on any atom is 0.339 e. The van der Waals surface area contributed by atoms with Crippen molar-refractivity contribution in [2.75, 3.05) is 13.7 Å².